The van der Waals surface area contributed by atoms with Gasteiger partial charge in [0.15, 0.2) is 0 Å². The maximum absolute atomic E-state index is 12.7. The molecule has 0 bridgehead atoms. The molecule has 1 aliphatic heterocycles. The second-order valence-electron chi connectivity index (χ2n) is 5.56. The molecule has 2 rings (SSSR count). The Morgan fingerprint density at radius 2 is 2.04 bits per heavy atom. The van der Waals surface area contributed by atoms with E-state index in [2.05, 4.69) is 5.32 Å². The van der Waals surface area contributed by atoms with E-state index in [1.165, 1.54) is 24.3 Å². The predicted molar refractivity (Wildman–Crippen MR) is 89.0 cm³/mol. The molecular formula is C16H22ClFN2O4. The van der Waals surface area contributed by atoms with Gasteiger partial charge in [0, 0.05) is 6.54 Å². The van der Waals surface area contributed by atoms with Gasteiger partial charge >= 0.3 is 5.97 Å². The maximum Gasteiger partial charge on any atom is 0.307 e. The number of likely N-dealkylation sites (tertiary alicyclic amines) is 1. The molecule has 1 fully saturated rings. The number of halogens is 2. The van der Waals surface area contributed by atoms with E-state index < -0.39 is 11.9 Å². The minimum absolute atomic E-state index is 0. The Bertz CT molecular complexity index is 541. The molecule has 0 aromatic heterocycles. The van der Waals surface area contributed by atoms with Crippen molar-refractivity contribution in [2.24, 2.45) is 5.92 Å². The molecular weight excluding hydrogens is 339 g/mol. The quantitative estimate of drug-likeness (QED) is 0.721. The Balaban J connectivity index is 0.00000288. The number of carboxylic acids is 1. The topological polar surface area (TPSA) is 78.9 Å². The van der Waals surface area contributed by atoms with E-state index in [9.17, 15) is 14.0 Å². The van der Waals surface area contributed by atoms with Gasteiger partial charge in [-0.3, -0.25) is 14.5 Å². The van der Waals surface area contributed by atoms with Crippen LogP contribution in [0.15, 0.2) is 24.3 Å². The molecule has 2 N–H and O–H groups in total. The minimum atomic E-state index is -0.803. The second-order valence-corrected chi connectivity index (χ2v) is 5.56. The first-order valence-electron chi connectivity index (χ1n) is 7.65. The summed E-state index contributed by atoms with van der Waals surface area (Å²) < 4.78 is 18.1. The van der Waals surface area contributed by atoms with Crippen molar-refractivity contribution < 1.29 is 23.8 Å². The monoisotopic (exact) mass is 360 g/mol. The van der Waals surface area contributed by atoms with Crippen molar-refractivity contribution in [2.75, 3.05) is 32.8 Å². The zero-order chi connectivity index (χ0) is 16.7. The Kier molecular flexibility index (Phi) is 8.49. The molecule has 1 atom stereocenters. The van der Waals surface area contributed by atoms with E-state index in [1.54, 1.807) is 0 Å². The number of hydrogen-bond acceptors (Lipinski definition) is 4. The summed E-state index contributed by atoms with van der Waals surface area (Å²) in [6, 6.07) is 5.67. The summed E-state index contributed by atoms with van der Waals surface area (Å²) in [6.07, 6.45) is 1.46. The molecule has 1 saturated heterocycles. The van der Waals surface area contributed by atoms with Crippen molar-refractivity contribution in [3.8, 4) is 5.75 Å². The number of hydrogen-bond donors (Lipinski definition) is 2. The van der Waals surface area contributed by atoms with Crippen LogP contribution in [0.2, 0.25) is 0 Å². The van der Waals surface area contributed by atoms with E-state index in [-0.39, 0.29) is 37.3 Å². The molecule has 1 aromatic carbocycles. The van der Waals surface area contributed by atoms with Crippen molar-refractivity contribution in [1.29, 1.82) is 0 Å². The zero-order valence-electron chi connectivity index (χ0n) is 13.2. The van der Waals surface area contributed by atoms with Crippen LogP contribution in [0.25, 0.3) is 0 Å². The number of piperidine rings is 1. The molecule has 0 saturated carbocycles. The summed E-state index contributed by atoms with van der Waals surface area (Å²) in [6.45, 7) is 1.97. The lowest BCUT2D eigenvalue weighted by atomic mass is 9.98. The lowest BCUT2D eigenvalue weighted by molar-refractivity contribution is -0.144. The van der Waals surface area contributed by atoms with E-state index in [0.29, 0.717) is 25.3 Å². The Hall–Kier alpha value is -1.86. The molecule has 1 heterocycles. The van der Waals surface area contributed by atoms with Crippen LogP contribution in [-0.2, 0) is 9.59 Å². The number of ether oxygens (including phenoxy) is 1. The Labute approximate surface area is 146 Å². The highest BCUT2D eigenvalue weighted by Crippen LogP contribution is 2.16. The van der Waals surface area contributed by atoms with Gasteiger partial charge in [0.25, 0.3) is 0 Å². The fraction of sp³-hybridized carbons (Fsp3) is 0.500. The molecule has 6 nitrogen and oxygen atoms in total. The number of aliphatic carboxylic acids is 1. The fourth-order valence-corrected chi connectivity index (χ4v) is 2.55. The largest absolute Gasteiger partial charge is 0.492 e. The van der Waals surface area contributed by atoms with Crippen molar-refractivity contribution in [2.45, 2.75) is 12.8 Å². The Morgan fingerprint density at radius 3 is 2.71 bits per heavy atom. The smallest absolute Gasteiger partial charge is 0.307 e. The fourth-order valence-electron chi connectivity index (χ4n) is 2.55. The number of nitrogens with one attached hydrogen (secondary N) is 1. The van der Waals surface area contributed by atoms with Crippen LogP contribution in [0, 0.1) is 11.7 Å². The zero-order valence-corrected chi connectivity index (χ0v) is 14.1. The van der Waals surface area contributed by atoms with Crippen LogP contribution < -0.4 is 10.1 Å². The van der Waals surface area contributed by atoms with E-state index in [1.807, 2.05) is 4.90 Å². The SMILES string of the molecule is Cl.O=C(CN1CCCC(C(=O)O)C1)NCCOc1ccc(F)cc1. The van der Waals surface area contributed by atoms with Crippen LogP contribution in [0.4, 0.5) is 4.39 Å². The first-order valence-corrected chi connectivity index (χ1v) is 7.65. The van der Waals surface area contributed by atoms with Gasteiger partial charge in [0.05, 0.1) is 19.0 Å². The van der Waals surface area contributed by atoms with E-state index in [0.717, 1.165) is 13.0 Å². The molecule has 1 aliphatic rings. The molecule has 0 aliphatic carbocycles. The molecule has 1 amide bonds. The molecule has 1 unspecified atom stereocenters. The lowest BCUT2D eigenvalue weighted by Gasteiger charge is -2.29. The summed E-state index contributed by atoms with van der Waals surface area (Å²) >= 11 is 0. The highest BCUT2D eigenvalue weighted by molar-refractivity contribution is 5.85. The van der Waals surface area contributed by atoms with Crippen molar-refractivity contribution in [1.82, 2.24) is 10.2 Å². The third-order valence-electron chi connectivity index (χ3n) is 3.73. The van der Waals surface area contributed by atoms with Crippen molar-refractivity contribution >= 4 is 24.3 Å². The highest BCUT2D eigenvalue weighted by Gasteiger charge is 2.26. The molecule has 8 heteroatoms. The summed E-state index contributed by atoms with van der Waals surface area (Å²) in [5, 5.41) is 11.8. The van der Waals surface area contributed by atoms with Gasteiger partial charge in [0.1, 0.15) is 18.2 Å². The number of amides is 1. The number of benzene rings is 1. The number of carbonyl (C=O) groups is 2. The van der Waals surface area contributed by atoms with Gasteiger partial charge in [-0.15, -0.1) is 12.4 Å². The number of nitrogens with zero attached hydrogens (tertiary/aromatic N) is 1. The number of carboxylic acid groups (broad SMARTS) is 1. The van der Waals surface area contributed by atoms with E-state index in [4.69, 9.17) is 9.84 Å². The third kappa shape index (κ3) is 6.72. The van der Waals surface area contributed by atoms with Crippen LogP contribution in [0.3, 0.4) is 0 Å². The third-order valence-corrected chi connectivity index (χ3v) is 3.73. The van der Waals surface area contributed by atoms with Crippen molar-refractivity contribution in [3.63, 3.8) is 0 Å². The summed E-state index contributed by atoms with van der Waals surface area (Å²) in [5.41, 5.74) is 0. The standard InChI is InChI=1S/C16H21FN2O4.ClH/c17-13-3-5-14(6-4-13)23-9-7-18-15(20)11-19-8-1-2-12(10-19)16(21)22;/h3-6,12H,1-2,7-11H2,(H,18,20)(H,21,22);1H. The Morgan fingerprint density at radius 1 is 1.33 bits per heavy atom. The normalized spacial score (nSPS) is 17.6. The summed E-state index contributed by atoms with van der Waals surface area (Å²) in [4.78, 5) is 24.7. The van der Waals surface area contributed by atoms with E-state index >= 15 is 0 Å². The maximum atomic E-state index is 12.7. The van der Waals surface area contributed by atoms with Gasteiger partial charge < -0.3 is 15.2 Å². The number of rotatable bonds is 7. The van der Waals surface area contributed by atoms with Gasteiger partial charge in [-0.2, -0.15) is 0 Å². The highest BCUT2D eigenvalue weighted by atomic mass is 35.5. The first-order chi connectivity index (χ1) is 11.0. The van der Waals surface area contributed by atoms with Gasteiger partial charge in [0.2, 0.25) is 5.91 Å². The number of carbonyl (C=O) groups excluding carboxylic acids is 1. The average molecular weight is 361 g/mol. The lowest BCUT2D eigenvalue weighted by Crippen LogP contribution is -2.44. The molecule has 0 spiro atoms. The van der Waals surface area contributed by atoms with Crippen molar-refractivity contribution in [3.05, 3.63) is 30.1 Å². The van der Waals surface area contributed by atoms with Crippen LogP contribution in [0.1, 0.15) is 12.8 Å². The summed E-state index contributed by atoms with van der Waals surface area (Å²) in [7, 11) is 0. The van der Waals surface area contributed by atoms with Gasteiger partial charge in [-0.25, -0.2) is 4.39 Å². The molecule has 24 heavy (non-hydrogen) atoms. The second kappa shape index (κ2) is 10.1. The summed E-state index contributed by atoms with van der Waals surface area (Å²) in [5.74, 6) is -1.13. The van der Waals surface area contributed by atoms with Crippen LogP contribution >= 0.6 is 12.4 Å². The molecule has 0 radical (unpaired) electrons. The first kappa shape index (κ1) is 20.2. The minimum Gasteiger partial charge on any atom is -0.492 e. The van der Waals surface area contributed by atoms with Crippen LogP contribution in [0.5, 0.6) is 5.75 Å². The van der Waals surface area contributed by atoms with Gasteiger partial charge in [-0.05, 0) is 43.7 Å². The average Bonchev–Trinajstić information content (AvgIpc) is 2.53. The molecule has 1 aromatic rings. The van der Waals surface area contributed by atoms with Crippen LogP contribution in [-0.4, -0.2) is 54.7 Å². The predicted octanol–water partition coefficient (Wildman–Crippen LogP) is 1.54. The molecule has 134 valence electrons. The van der Waals surface area contributed by atoms with Gasteiger partial charge in [-0.1, -0.05) is 0 Å².